The number of benzene rings is 2. The molecule has 4 amide bonds. The van der Waals surface area contributed by atoms with Gasteiger partial charge in [0.1, 0.15) is 24.5 Å². The Bertz CT molecular complexity index is 1800. The summed E-state index contributed by atoms with van der Waals surface area (Å²) in [6.45, 7) is -1.42. The first-order chi connectivity index (χ1) is 24.8. The van der Waals surface area contributed by atoms with Crippen LogP contribution in [-0.2, 0) is 30.0 Å². The Morgan fingerprint density at radius 2 is 0.942 bits per heavy atom. The molecule has 278 valence electrons. The number of aliphatic hydroxyl groups is 4. The van der Waals surface area contributed by atoms with Gasteiger partial charge < -0.3 is 40.9 Å². The third kappa shape index (κ3) is 3.31. The van der Waals surface area contributed by atoms with Crippen molar-refractivity contribution in [3.63, 3.8) is 0 Å². The van der Waals surface area contributed by atoms with Gasteiger partial charge in [-0.3, -0.25) is 29.0 Å². The van der Waals surface area contributed by atoms with E-state index in [1.54, 1.807) is 73.6 Å². The molecule has 2 aromatic carbocycles. The molecule has 10 atom stereocenters. The van der Waals surface area contributed by atoms with Gasteiger partial charge in [-0.1, -0.05) is 36.4 Å². The number of fused-ring (bicyclic) bond motifs is 11. The number of anilines is 2. The molecule has 0 aliphatic carbocycles. The summed E-state index contributed by atoms with van der Waals surface area (Å²) in [5, 5.41) is 55.6. The molecule has 6 N–H and O–H groups in total. The first-order valence-corrected chi connectivity index (χ1v) is 21.4. The molecule has 6 aliphatic rings. The quantitative estimate of drug-likeness (QED) is 0.219. The van der Waals surface area contributed by atoms with Gasteiger partial charge in [-0.2, -0.15) is 0 Å². The molecule has 6 heterocycles. The summed E-state index contributed by atoms with van der Waals surface area (Å²) >= 11 is 3.98. The van der Waals surface area contributed by atoms with Crippen molar-refractivity contribution in [3.05, 3.63) is 59.7 Å². The van der Waals surface area contributed by atoms with Crippen LogP contribution in [0.5, 0.6) is 0 Å². The minimum Gasteiger partial charge on any atom is -0.392 e. The van der Waals surface area contributed by atoms with Crippen LogP contribution in [0.3, 0.4) is 0 Å². The number of rotatable bonds is 7. The van der Waals surface area contributed by atoms with E-state index in [2.05, 4.69) is 10.6 Å². The molecule has 2 aromatic rings. The summed E-state index contributed by atoms with van der Waals surface area (Å²) in [5.74, 6) is -2.52. The van der Waals surface area contributed by atoms with E-state index in [0.29, 0.717) is 22.5 Å². The first-order valence-electron chi connectivity index (χ1n) is 16.5. The molecule has 0 bridgehead atoms. The third-order valence-electron chi connectivity index (χ3n) is 12.9. The fourth-order valence-electron chi connectivity index (χ4n) is 10.5. The van der Waals surface area contributed by atoms with Crippen LogP contribution < -0.4 is 10.6 Å². The van der Waals surface area contributed by atoms with Crippen LogP contribution in [0.25, 0.3) is 0 Å². The normalized spacial score (nSPS) is 41.3. The van der Waals surface area contributed by atoms with E-state index in [0.717, 1.165) is 47.0 Å². The molecule has 8 rings (SSSR count). The van der Waals surface area contributed by atoms with E-state index in [4.69, 9.17) is 0 Å². The number of likely N-dealkylation sites (N-methyl/N-ethyl adjacent to an activating group) is 2. The lowest BCUT2D eigenvalue weighted by molar-refractivity contribution is -0.168. The molecule has 1 unspecified atom stereocenters. The van der Waals surface area contributed by atoms with Crippen molar-refractivity contribution in [1.82, 2.24) is 19.6 Å². The molecule has 0 spiro atoms. The summed E-state index contributed by atoms with van der Waals surface area (Å²) in [6.07, 6.45) is 0.477. The Hall–Kier alpha value is -2.84. The van der Waals surface area contributed by atoms with Crippen molar-refractivity contribution in [3.8, 4) is 0 Å². The number of carbonyl (C=O) groups is 4. The van der Waals surface area contributed by atoms with E-state index in [-0.39, 0.29) is 0 Å². The van der Waals surface area contributed by atoms with Crippen molar-refractivity contribution in [1.29, 1.82) is 0 Å². The molecule has 0 aromatic heterocycles. The van der Waals surface area contributed by atoms with Gasteiger partial charge in [0.2, 0.25) is 0 Å². The summed E-state index contributed by atoms with van der Waals surface area (Å²) in [5.41, 5.74) is -1.68. The zero-order chi connectivity index (χ0) is 37.6. The topological polar surface area (TPSA) is 186 Å². The van der Waals surface area contributed by atoms with Crippen LogP contribution in [0.1, 0.15) is 11.1 Å². The summed E-state index contributed by atoms with van der Waals surface area (Å²) in [7, 11) is 2.87. The maximum atomic E-state index is 15.2. The summed E-state index contributed by atoms with van der Waals surface area (Å²) < 4.78 is 0. The monoisotopic (exact) mass is 788 g/mol. The Kier molecular flexibility index (Phi) is 7.89. The maximum Gasteiger partial charge on any atom is 0.264 e. The molecule has 4 saturated heterocycles. The highest BCUT2D eigenvalue weighted by molar-refractivity contribution is 8.02. The minimum absolute atomic E-state index is 0.475. The van der Waals surface area contributed by atoms with Gasteiger partial charge in [-0.05, 0) is 48.3 Å². The average Bonchev–Trinajstić information content (AvgIpc) is 3.81. The van der Waals surface area contributed by atoms with Crippen LogP contribution in [0.4, 0.5) is 11.4 Å². The summed E-state index contributed by atoms with van der Waals surface area (Å²) in [6, 6.07) is 14.2. The van der Waals surface area contributed by atoms with E-state index in [1.807, 2.05) is 0 Å². The third-order valence-corrected chi connectivity index (χ3v) is 17.8. The van der Waals surface area contributed by atoms with Gasteiger partial charge in [0.05, 0.1) is 24.0 Å². The molecule has 6 aliphatic heterocycles. The van der Waals surface area contributed by atoms with Gasteiger partial charge in [0.25, 0.3) is 23.6 Å². The lowest BCUT2D eigenvalue weighted by Gasteiger charge is -2.53. The highest BCUT2D eigenvalue weighted by atomic mass is 32.2. The first kappa shape index (κ1) is 36.2. The number of carbonyl (C=O) groups excluding carboxylic acids is 4. The van der Waals surface area contributed by atoms with Gasteiger partial charge in [-0.25, -0.2) is 0 Å². The average molecular weight is 789 g/mol. The van der Waals surface area contributed by atoms with E-state index < -0.39 is 91.7 Å². The number of amides is 4. The highest BCUT2D eigenvalue weighted by Gasteiger charge is 2.91. The number of aliphatic hydroxyl groups excluding tert-OH is 4. The molecule has 0 radical (unpaired) electrons. The predicted molar refractivity (Wildman–Crippen MR) is 201 cm³/mol. The molecule has 14 nitrogen and oxygen atoms in total. The smallest absolute Gasteiger partial charge is 0.264 e. The van der Waals surface area contributed by atoms with Crippen LogP contribution in [0, 0.1) is 0 Å². The molecule has 18 heteroatoms. The van der Waals surface area contributed by atoms with Crippen LogP contribution in [-0.4, -0.2) is 160 Å². The van der Waals surface area contributed by atoms with Crippen molar-refractivity contribution >= 4 is 82.1 Å². The zero-order valence-corrected chi connectivity index (χ0v) is 32.5. The number of hydrogen-bond donors (Lipinski definition) is 6. The number of para-hydroxylation sites is 2. The number of hydrogen-bond acceptors (Lipinski definition) is 14. The van der Waals surface area contributed by atoms with Gasteiger partial charge in [-0.15, -0.1) is 47.0 Å². The van der Waals surface area contributed by atoms with Gasteiger partial charge >= 0.3 is 0 Å². The lowest BCUT2D eigenvalue weighted by Crippen LogP contribution is -2.76. The second-order valence-electron chi connectivity index (χ2n) is 13.9. The van der Waals surface area contributed by atoms with Crippen molar-refractivity contribution in [2.45, 2.75) is 54.9 Å². The molecule has 4 fully saturated rings. The lowest BCUT2D eigenvalue weighted by atomic mass is 9.52. The van der Waals surface area contributed by atoms with Gasteiger partial charge in [0.15, 0.2) is 19.5 Å². The Morgan fingerprint density at radius 1 is 0.596 bits per heavy atom. The highest BCUT2D eigenvalue weighted by Crippen LogP contribution is 2.74. The maximum absolute atomic E-state index is 15.2. The zero-order valence-electron chi connectivity index (χ0n) is 29.2. The molecular weight excluding hydrogens is 749 g/mol. The fourth-order valence-corrected chi connectivity index (χ4v) is 14.2. The molecular formula is C34H40N6O8S4. The fraction of sp³-hybridized carbons (Fsp3) is 0.529. The van der Waals surface area contributed by atoms with Crippen LogP contribution >= 0.6 is 47.0 Å². The number of nitrogens with zero attached hydrogens (tertiary/aromatic N) is 4. The van der Waals surface area contributed by atoms with Crippen LogP contribution in [0.2, 0.25) is 0 Å². The van der Waals surface area contributed by atoms with Gasteiger partial charge in [0, 0.05) is 25.5 Å². The molecule has 0 saturated carbocycles. The van der Waals surface area contributed by atoms with E-state index >= 15 is 19.2 Å². The van der Waals surface area contributed by atoms with E-state index in [1.165, 1.54) is 33.7 Å². The Balaban J connectivity index is 1.53. The minimum atomic E-state index is -1.99. The second-order valence-corrected chi connectivity index (χ2v) is 18.1. The van der Waals surface area contributed by atoms with Crippen molar-refractivity contribution in [2.24, 2.45) is 0 Å². The molecule has 52 heavy (non-hydrogen) atoms. The number of piperazine rings is 2. The van der Waals surface area contributed by atoms with E-state index in [9.17, 15) is 20.4 Å². The largest absolute Gasteiger partial charge is 0.392 e. The van der Waals surface area contributed by atoms with Crippen molar-refractivity contribution < 1.29 is 39.6 Å². The Labute approximate surface area is 317 Å². The predicted octanol–water partition coefficient (Wildman–Crippen LogP) is -0.0624. The second kappa shape index (κ2) is 11.3. The Morgan fingerprint density at radius 3 is 1.25 bits per heavy atom. The SMILES string of the molecule is CS[C@@]1(CO)C(=O)N2[C@H]3Nc4ccccc4C3([C@@]34c5ccccc5N[C@@H]3N3C(=O)[C@](CO)(SC)N(C)C(=O)[C@@]3(SC)[C@H]4O)[C@H](O)[C@]2(SC)C(=O)N1C. The summed E-state index contributed by atoms with van der Waals surface area (Å²) in [4.78, 5) is 57.9. The standard InChI is InChI=1S/C34H40N6O8S4/c1-37-27(47)33(51-5)21(43)31(17-11-7-9-13-19(17)35-23(31)39(33)25(45)29(37,15-41)49-3)32-18-12-8-10-14-20(18)36-24(32)40-26(46)30(16-42,50-4)38(2)28(48)34(40,52-6)22(32)44/h7-14,21-24,35-36,41-44H,15-16H2,1-6H3/t21-,22-,23+,24+,29-,30-,31+,32?,33-,34-/m0/s1. The van der Waals surface area contributed by atoms with Crippen LogP contribution in [0.15, 0.2) is 48.5 Å². The number of thioether (sulfide) groups is 4. The van der Waals surface area contributed by atoms with Crippen molar-refractivity contribution in [2.75, 3.05) is 63.0 Å². The number of nitrogens with one attached hydrogen (secondary N) is 2.